The molecule has 8 heteroatoms. The van der Waals surface area contributed by atoms with E-state index < -0.39 is 0 Å². The van der Waals surface area contributed by atoms with Crippen LogP contribution in [0.15, 0.2) is 0 Å². The van der Waals surface area contributed by atoms with Crippen LogP contribution in [0.1, 0.15) is 0 Å². The minimum atomic E-state index is 0.0463. The second-order valence-electron chi connectivity index (χ2n) is 3.06. The van der Waals surface area contributed by atoms with Gasteiger partial charge in [-0.25, -0.2) is 0 Å². The summed E-state index contributed by atoms with van der Waals surface area (Å²) in [5.41, 5.74) is 0. The lowest BCUT2D eigenvalue weighted by atomic mass is 10.7. The van der Waals surface area contributed by atoms with Crippen molar-refractivity contribution in [3.63, 3.8) is 0 Å². The molecule has 18 heavy (non-hydrogen) atoms. The van der Waals surface area contributed by atoms with Gasteiger partial charge in [-0.2, -0.15) is 0 Å². The Labute approximate surface area is 124 Å². The Bertz CT molecular complexity index is 138. The van der Waals surface area contributed by atoms with Crippen molar-refractivity contribution in [1.29, 1.82) is 0 Å². The highest BCUT2D eigenvalue weighted by Gasteiger charge is 1.92. The van der Waals surface area contributed by atoms with Gasteiger partial charge in [-0.1, -0.05) is 0 Å². The van der Waals surface area contributed by atoms with E-state index in [4.69, 9.17) is 28.2 Å². The standard InChI is InChI=1S/C10H21IO6S/c11-18-17-10-9-16-8-7-15-6-5-14-4-3-13-2-1-12/h12H,1-10H2. The zero-order valence-corrected chi connectivity index (χ0v) is 13.3. The van der Waals surface area contributed by atoms with E-state index >= 15 is 0 Å². The summed E-state index contributed by atoms with van der Waals surface area (Å²) in [5, 5.41) is 8.45. The van der Waals surface area contributed by atoms with Crippen molar-refractivity contribution in [3.05, 3.63) is 0 Å². The van der Waals surface area contributed by atoms with Crippen molar-refractivity contribution < 1.29 is 28.2 Å². The SMILES string of the molecule is OCCOCCOCCOCCOCCOSI. The quantitative estimate of drug-likeness (QED) is 0.252. The second-order valence-corrected chi connectivity index (χ2v) is 4.50. The first-order valence-electron chi connectivity index (χ1n) is 5.74. The fourth-order valence-corrected chi connectivity index (χ4v) is 1.62. The van der Waals surface area contributed by atoms with Crippen molar-refractivity contribution in [3.8, 4) is 0 Å². The second kappa shape index (κ2) is 17.8. The molecule has 0 aromatic heterocycles. The summed E-state index contributed by atoms with van der Waals surface area (Å²) in [4.78, 5) is 0. The van der Waals surface area contributed by atoms with E-state index in [0.29, 0.717) is 59.5 Å². The highest BCUT2D eigenvalue weighted by atomic mass is 127. The fourth-order valence-electron chi connectivity index (χ4n) is 0.951. The van der Waals surface area contributed by atoms with Crippen LogP contribution in [-0.4, -0.2) is 71.2 Å². The molecule has 0 aromatic carbocycles. The zero-order chi connectivity index (χ0) is 13.3. The Morgan fingerprint density at radius 2 is 1.06 bits per heavy atom. The molecule has 0 atom stereocenters. The average Bonchev–Trinajstić information content (AvgIpc) is 2.39. The van der Waals surface area contributed by atoms with Crippen LogP contribution in [0.25, 0.3) is 0 Å². The van der Waals surface area contributed by atoms with Crippen molar-refractivity contribution >= 4 is 30.4 Å². The van der Waals surface area contributed by atoms with Crippen LogP contribution in [-0.2, 0) is 23.1 Å². The number of ether oxygens (including phenoxy) is 4. The summed E-state index contributed by atoms with van der Waals surface area (Å²) in [7, 11) is 1.30. The third-order valence-corrected chi connectivity index (χ3v) is 2.73. The molecule has 0 fully saturated rings. The van der Waals surface area contributed by atoms with Gasteiger partial charge in [-0.15, -0.1) is 0 Å². The molecule has 0 aromatic rings. The maximum atomic E-state index is 8.45. The lowest BCUT2D eigenvalue weighted by Gasteiger charge is -2.06. The van der Waals surface area contributed by atoms with Crippen LogP contribution in [0.4, 0.5) is 0 Å². The van der Waals surface area contributed by atoms with Gasteiger partial charge in [0.1, 0.15) is 0 Å². The van der Waals surface area contributed by atoms with Gasteiger partial charge in [-0.05, 0) is 0 Å². The van der Waals surface area contributed by atoms with Gasteiger partial charge in [0.05, 0.1) is 75.3 Å². The monoisotopic (exact) mass is 396 g/mol. The first-order valence-corrected chi connectivity index (χ1v) is 9.02. The molecule has 0 bridgehead atoms. The van der Waals surface area contributed by atoms with E-state index in [1.807, 2.05) is 0 Å². The topological polar surface area (TPSA) is 66.4 Å². The van der Waals surface area contributed by atoms with E-state index in [2.05, 4.69) is 21.2 Å². The maximum Gasteiger partial charge on any atom is 0.0857 e. The predicted molar refractivity (Wildman–Crippen MR) is 77.9 cm³/mol. The highest BCUT2D eigenvalue weighted by Crippen LogP contribution is 2.10. The summed E-state index contributed by atoms with van der Waals surface area (Å²) < 4.78 is 25.8. The molecule has 110 valence electrons. The summed E-state index contributed by atoms with van der Waals surface area (Å²) >= 11 is 2.06. The van der Waals surface area contributed by atoms with Crippen LogP contribution in [0.5, 0.6) is 0 Å². The smallest absolute Gasteiger partial charge is 0.0857 e. The van der Waals surface area contributed by atoms with Gasteiger partial charge in [0, 0.05) is 21.2 Å². The molecule has 0 saturated carbocycles. The number of hydrogen-bond donors (Lipinski definition) is 1. The van der Waals surface area contributed by atoms with E-state index in [0.717, 1.165) is 0 Å². The predicted octanol–water partition coefficient (Wildman–Crippen LogP) is 1.06. The third-order valence-electron chi connectivity index (χ3n) is 1.71. The Balaban J connectivity index is 2.86. The summed E-state index contributed by atoms with van der Waals surface area (Å²) in [6, 6.07) is 0. The maximum absolute atomic E-state index is 8.45. The number of rotatable bonds is 15. The van der Waals surface area contributed by atoms with E-state index in [1.165, 1.54) is 9.21 Å². The van der Waals surface area contributed by atoms with Gasteiger partial charge >= 0.3 is 0 Å². The van der Waals surface area contributed by atoms with Crippen molar-refractivity contribution in [2.24, 2.45) is 0 Å². The summed E-state index contributed by atoms with van der Waals surface area (Å²) in [6.07, 6.45) is 0. The van der Waals surface area contributed by atoms with Gasteiger partial charge < -0.3 is 28.2 Å². The molecule has 0 aliphatic heterocycles. The zero-order valence-electron chi connectivity index (χ0n) is 10.3. The summed E-state index contributed by atoms with van der Waals surface area (Å²) in [5.74, 6) is 0. The van der Waals surface area contributed by atoms with Crippen LogP contribution in [0.3, 0.4) is 0 Å². The van der Waals surface area contributed by atoms with E-state index in [1.54, 1.807) is 0 Å². The molecule has 1 N–H and O–H groups in total. The molecule has 0 heterocycles. The Morgan fingerprint density at radius 3 is 1.44 bits per heavy atom. The number of aliphatic hydroxyl groups excluding tert-OH is 1. The van der Waals surface area contributed by atoms with Crippen molar-refractivity contribution in [2.75, 3.05) is 66.1 Å². The van der Waals surface area contributed by atoms with Gasteiger partial charge in [-0.3, -0.25) is 0 Å². The van der Waals surface area contributed by atoms with Gasteiger partial charge in [0.25, 0.3) is 0 Å². The van der Waals surface area contributed by atoms with Crippen LogP contribution in [0.2, 0.25) is 0 Å². The average molecular weight is 396 g/mol. The van der Waals surface area contributed by atoms with Crippen molar-refractivity contribution in [2.45, 2.75) is 0 Å². The molecule has 6 nitrogen and oxygen atoms in total. The number of aliphatic hydroxyl groups is 1. The minimum Gasteiger partial charge on any atom is -0.394 e. The molecule has 0 spiro atoms. The Kier molecular flexibility index (Phi) is 18.7. The minimum absolute atomic E-state index is 0.0463. The largest absolute Gasteiger partial charge is 0.394 e. The normalized spacial score (nSPS) is 11.0. The Hall–Kier alpha value is 0.840. The van der Waals surface area contributed by atoms with Crippen LogP contribution < -0.4 is 0 Å². The first-order chi connectivity index (χ1) is 8.91. The molecule has 0 rings (SSSR count). The van der Waals surface area contributed by atoms with Gasteiger partial charge in [0.2, 0.25) is 0 Å². The molecular formula is C10H21IO6S. The van der Waals surface area contributed by atoms with Crippen LogP contribution in [0, 0.1) is 0 Å². The van der Waals surface area contributed by atoms with E-state index in [-0.39, 0.29) is 6.61 Å². The van der Waals surface area contributed by atoms with E-state index in [9.17, 15) is 0 Å². The Morgan fingerprint density at radius 1 is 0.667 bits per heavy atom. The molecule has 0 aliphatic carbocycles. The number of hydrogen-bond acceptors (Lipinski definition) is 7. The molecule has 0 radical (unpaired) electrons. The molecule has 0 aliphatic rings. The fraction of sp³-hybridized carbons (Fsp3) is 1.00. The van der Waals surface area contributed by atoms with Crippen molar-refractivity contribution in [1.82, 2.24) is 0 Å². The van der Waals surface area contributed by atoms with Crippen LogP contribution >= 0.6 is 30.4 Å². The lowest BCUT2D eigenvalue weighted by molar-refractivity contribution is -0.00728. The number of halogens is 1. The third kappa shape index (κ3) is 16.8. The summed E-state index contributed by atoms with van der Waals surface area (Å²) in [6.45, 7) is 4.80. The molecule has 0 unspecified atom stereocenters. The molecular weight excluding hydrogens is 375 g/mol. The molecule has 0 amide bonds. The van der Waals surface area contributed by atoms with Gasteiger partial charge in [0.15, 0.2) is 0 Å². The highest BCUT2D eigenvalue weighted by molar-refractivity contribution is 14.2. The molecule has 0 saturated heterocycles. The lowest BCUT2D eigenvalue weighted by Crippen LogP contribution is -2.13. The first kappa shape index (κ1) is 18.8.